The Morgan fingerprint density at radius 1 is 0.774 bits per heavy atom. The molecule has 0 aliphatic heterocycles. The van der Waals surface area contributed by atoms with E-state index in [0.717, 1.165) is 18.3 Å². The molecule has 31 heavy (non-hydrogen) atoms. The maximum absolute atomic E-state index is 6.74. The van der Waals surface area contributed by atoms with Gasteiger partial charge in [-0.3, -0.25) is 0 Å². The average molecular weight is 475 g/mol. The number of hydrogen-bond donors (Lipinski definition) is 0. The van der Waals surface area contributed by atoms with Crippen molar-refractivity contribution in [2.45, 2.75) is 99.8 Å². The van der Waals surface area contributed by atoms with Crippen molar-refractivity contribution in [3.63, 3.8) is 0 Å². The topological polar surface area (TPSA) is 34.2 Å². The lowest BCUT2D eigenvalue weighted by Gasteiger charge is -2.45. The first kappa shape index (κ1) is 30.7. The molecule has 0 amide bonds. The fourth-order valence-electron chi connectivity index (χ4n) is 3.53. The molecule has 182 valence electrons. The Morgan fingerprint density at radius 3 is 1.61 bits per heavy atom. The summed E-state index contributed by atoms with van der Waals surface area (Å²) >= 11 is 0. The highest BCUT2D eigenvalue weighted by Crippen LogP contribution is 2.50. The smallest absolute Gasteiger partial charge is 0.249 e. The minimum absolute atomic E-state index is 0.399. The van der Waals surface area contributed by atoms with E-state index < -0.39 is 16.8 Å². The molecule has 0 radical (unpaired) electrons. The molecule has 0 fully saturated rings. The number of rotatable bonds is 13. The van der Waals surface area contributed by atoms with E-state index in [-0.39, 0.29) is 0 Å². The van der Waals surface area contributed by atoms with E-state index in [1.54, 1.807) is 14.2 Å². The predicted molar refractivity (Wildman–Crippen MR) is 139 cm³/mol. The highest BCUT2D eigenvalue weighted by atomic mass is 31.2. The second kappa shape index (κ2) is 16.4. The normalized spacial score (nSPS) is 12.1. The van der Waals surface area contributed by atoms with Crippen LogP contribution >= 0.6 is 16.8 Å². The van der Waals surface area contributed by atoms with E-state index in [1.807, 2.05) is 13.8 Å². The fourth-order valence-corrected chi connectivity index (χ4v) is 6.79. The zero-order valence-corrected chi connectivity index (χ0v) is 23.8. The van der Waals surface area contributed by atoms with Gasteiger partial charge < -0.3 is 13.6 Å². The van der Waals surface area contributed by atoms with E-state index >= 15 is 0 Å². The summed E-state index contributed by atoms with van der Waals surface area (Å²) in [5.41, 5.74) is 1.25. The first-order valence-corrected chi connectivity index (χ1v) is 14.1. The van der Waals surface area contributed by atoms with Crippen molar-refractivity contribution in [1.29, 1.82) is 0 Å². The number of hydrogen-bond acceptors (Lipinski definition) is 5. The molecule has 0 N–H and O–H groups in total. The van der Waals surface area contributed by atoms with Crippen molar-refractivity contribution in [3.05, 3.63) is 29.8 Å². The summed E-state index contributed by atoms with van der Waals surface area (Å²) < 4.78 is 22.5. The van der Waals surface area contributed by atoms with Gasteiger partial charge >= 0.3 is 0 Å². The Hall–Kier alpha value is -0.280. The van der Waals surface area contributed by atoms with Crippen LogP contribution in [-0.2, 0) is 15.5 Å². The van der Waals surface area contributed by atoms with Crippen LogP contribution in [0.5, 0.6) is 5.75 Å². The molecule has 0 saturated heterocycles. The molecule has 7 heteroatoms. The molecule has 0 spiro atoms. The van der Waals surface area contributed by atoms with Gasteiger partial charge in [-0.2, -0.15) is 0 Å². The average Bonchev–Trinajstić information content (AvgIpc) is 2.69. The van der Waals surface area contributed by atoms with Crippen LogP contribution in [-0.4, -0.2) is 53.9 Å². The number of aryl methyl sites for hydroxylation is 1. The summed E-state index contributed by atoms with van der Waals surface area (Å²) in [6.45, 7) is 22.0. The van der Waals surface area contributed by atoms with Crippen LogP contribution in [0.25, 0.3) is 0 Å². The van der Waals surface area contributed by atoms with Crippen LogP contribution in [0, 0.1) is 0 Å². The quantitative estimate of drug-likeness (QED) is 0.274. The third-order valence-corrected chi connectivity index (χ3v) is 9.00. The molecule has 0 aliphatic carbocycles. The van der Waals surface area contributed by atoms with Gasteiger partial charge in [0.05, 0.1) is 0 Å². The van der Waals surface area contributed by atoms with Crippen molar-refractivity contribution in [2.75, 3.05) is 20.4 Å². The summed E-state index contributed by atoms with van der Waals surface area (Å²) in [5.74, 6) is 0.936. The monoisotopic (exact) mass is 474 g/mol. The molecule has 0 aromatic heterocycles. The SMILES string of the molecule is CC.COP(CCc1cccc(OP(N(C(C)C)C(C)C)N(C(C)C)C(C)C)c1)OC. The predicted octanol–water partition coefficient (Wildman–Crippen LogP) is 7.70. The molecular weight excluding hydrogens is 426 g/mol. The van der Waals surface area contributed by atoms with Crippen molar-refractivity contribution < 1.29 is 13.6 Å². The van der Waals surface area contributed by atoms with Crippen LogP contribution in [0.2, 0.25) is 0 Å². The maximum Gasteiger partial charge on any atom is 0.249 e. The Kier molecular flexibility index (Phi) is 16.2. The van der Waals surface area contributed by atoms with Gasteiger partial charge in [0.15, 0.2) is 8.38 Å². The lowest BCUT2D eigenvalue weighted by atomic mass is 10.2. The zero-order chi connectivity index (χ0) is 24.1. The molecule has 1 rings (SSSR count). The lowest BCUT2D eigenvalue weighted by molar-refractivity contribution is 0.225. The third-order valence-electron chi connectivity index (χ3n) is 4.59. The molecule has 5 nitrogen and oxygen atoms in total. The third kappa shape index (κ3) is 10.5. The Bertz CT molecular complexity index is 546. The van der Waals surface area contributed by atoms with E-state index in [2.05, 4.69) is 89.0 Å². The van der Waals surface area contributed by atoms with Crippen molar-refractivity contribution in [2.24, 2.45) is 0 Å². The Morgan fingerprint density at radius 2 is 1.23 bits per heavy atom. The van der Waals surface area contributed by atoms with Gasteiger partial charge in [-0.25, -0.2) is 9.34 Å². The minimum atomic E-state index is -0.941. The maximum atomic E-state index is 6.74. The van der Waals surface area contributed by atoms with Gasteiger partial charge in [0.2, 0.25) is 8.45 Å². The van der Waals surface area contributed by atoms with Crippen molar-refractivity contribution in [1.82, 2.24) is 9.34 Å². The van der Waals surface area contributed by atoms with E-state index in [9.17, 15) is 0 Å². The van der Waals surface area contributed by atoms with E-state index in [1.165, 1.54) is 5.56 Å². The highest BCUT2D eigenvalue weighted by molar-refractivity contribution is 7.48. The van der Waals surface area contributed by atoms with Gasteiger partial charge in [-0.15, -0.1) is 0 Å². The minimum Gasteiger partial charge on any atom is -0.444 e. The molecular formula is C24H48N2O3P2. The summed E-state index contributed by atoms with van der Waals surface area (Å²) in [7, 11) is 1.66. The standard InChI is InChI=1S/C22H42N2O3P2.C2H6/c1-17(2)23(18(3)4)29(24(19(5)6)20(7)8)27-22-13-11-12-21(16-22)14-15-28(25-9)26-10;1-2/h11-13,16-20H,14-15H2,1-10H3;1-2H3. The van der Waals surface area contributed by atoms with Gasteiger partial charge in [-0.1, -0.05) is 26.0 Å². The first-order chi connectivity index (χ1) is 14.6. The second-order valence-corrected chi connectivity index (χ2v) is 11.8. The van der Waals surface area contributed by atoms with Gasteiger partial charge in [-0.05, 0) is 79.5 Å². The first-order valence-electron chi connectivity index (χ1n) is 11.6. The number of benzene rings is 1. The van der Waals surface area contributed by atoms with Crippen LogP contribution in [0.15, 0.2) is 24.3 Å². The van der Waals surface area contributed by atoms with Gasteiger partial charge in [0.1, 0.15) is 5.75 Å². The molecule has 0 heterocycles. The van der Waals surface area contributed by atoms with E-state index in [4.69, 9.17) is 13.6 Å². The van der Waals surface area contributed by atoms with Crippen LogP contribution in [0.1, 0.15) is 74.8 Å². The summed E-state index contributed by atoms with van der Waals surface area (Å²) in [5, 5.41) is 0. The zero-order valence-electron chi connectivity index (χ0n) is 22.0. The van der Waals surface area contributed by atoms with Crippen LogP contribution in [0.4, 0.5) is 0 Å². The molecule has 1 aromatic carbocycles. The Labute approximate surface area is 195 Å². The summed E-state index contributed by atoms with van der Waals surface area (Å²) in [6, 6.07) is 10.1. The van der Waals surface area contributed by atoms with Crippen LogP contribution in [0.3, 0.4) is 0 Å². The van der Waals surface area contributed by atoms with Crippen molar-refractivity contribution >= 4 is 16.8 Å². The lowest BCUT2D eigenvalue weighted by Crippen LogP contribution is -2.44. The fraction of sp³-hybridized carbons (Fsp3) is 0.750. The molecule has 0 bridgehead atoms. The van der Waals surface area contributed by atoms with E-state index in [0.29, 0.717) is 24.2 Å². The van der Waals surface area contributed by atoms with Crippen LogP contribution < -0.4 is 4.52 Å². The molecule has 0 unspecified atom stereocenters. The largest absolute Gasteiger partial charge is 0.444 e. The molecule has 0 saturated carbocycles. The summed E-state index contributed by atoms with van der Waals surface area (Å²) in [4.78, 5) is 0. The molecule has 0 aliphatic rings. The van der Waals surface area contributed by atoms with Gasteiger partial charge in [0.25, 0.3) is 0 Å². The molecule has 0 atom stereocenters. The highest BCUT2D eigenvalue weighted by Gasteiger charge is 2.35. The molecule has 1 aromatic rings. The summed E-state index contributed by atoms with van der Waals surface area (Å²) in [6.07, 6.45) is 1.80. The second-order valence-electron chi connectivity index (χ2n) is 8.30. The van der Waals surface area contributed by atoms with Gasteiger partial charge in [0, 0.05) is 44.5 Å². The number of nitrogens with zero attached hydrogens (tertiary/aromatic N) is 2. The Balaban J connectivity index is 0.00000436. The van der Waals surface area contributed by atoms with Crippen molar-refractivity contribution in [3.8, 4) is 5.75 Å².